The van der Waals surface area contributed by atoms with Crippen molar-refractivity contribution in [3.8, 4) is 0 Å². The molecule has 4 atom stereocenters. The van der Waals surface area contributed by atoms with Crippen LogP contribution in [0.1, 0.15) is 25.3 Å². The van der Waals surface area contributed by atoms with Gasteiger partial charge in [0.2, 0.25) is 12.3 Å². The maximum Gasteiger partial charge on any atom is 0.237 e. The zero-order valence-corrected chi connectivity index (χ0v) is 13.0. The lowest BCUT2D eigenvalue weighted by molar-refractivity contribution is -0.126. The second-order valence-electron chi connectivity index (χ2n) is 7.15. The number of imide groups is 1. The molecule has 1 spiro atoms. The van der Waals surface area contributed by atoms with Crippen molar-refractivity contribution < 1.29 is 9.59 Å². The van der Waals surface area contributed by atoms with Crippen molar-refractivity contribution >= 4 is 18.0 Å². The van der Waals surface area contributed by atoms with Crippen LogP contribution in [-0.2, 0) is 9.59 Å². The summed E-state index contributed by atoms with van der Waals surface area (Å²) in [5.74, 6) is 1.10. The van der Waals surface area contributed by atoms with Crippen LogP contribution in [0.4, 0.5) is 5.69 Å². The minimum atomic E-state index is -0.0534. The van der Waals surface area contributed by atoms with E-state index in [2.05, 4.69) is 19.1 Å². The molecule has 3 heteroatoms. The number of aryl methyl sites for hydroxylation is 1. The quantitative estimate of drug-likeness (QED) is 0.633. The fourth-order valence-corrected chi connectivity index (χ4v) is 4.98. The van der Waals surface area contributed by atoms with E-state index in [1.54, 1.807) is 0 Å². The van der Waals surface area contributed by atoms with E-state index in [1.165, 1.54) is 17.7 Å². The number of hydrogen-bond donors (Lipinski definition) is 0. The van der Waals surface area contributed by atoms with E-state index in [-0.39, 0.29) is 11.8 Å². The molecule has 0 aromatic heterocycles. The van der Waals surface area contributed by atoms with Crippen molar-refractivity contribution in [2.24, 2.45) is 29.1 Å². The number of allylic oxidation sites excluding steroid dienone is 2. The highest BCUT2D eigenvalue weighted by molar-refractivity contribution is 6.09. The topological polar surface area (TPSA) is 37.4 Å². The fourth-order valence-electron chi connectivity index (χ4n) is 4.98. The van der Waals surface area contributed by atoms with Crippen molar-refractivity contribution in [2.75, 3.05) is 4.90 Å². The van der Waals surface area contributed by atoms with E-state index < -0.39 is 0 Å². The van der Waals surface area contributed by atoms with E-state index in [0.29, 0.717) is 35.3 Å². The van der Waals surface area contributed by atoms with Crippen molar-refractivity contribution in [3.05, 3.63) is 42.0 Å². The highest BCUT2D eigenvalue weighted by Crippen LogP contribution is 2.72. The summed E-state index contributed by atoms with van der Waals surface area (Å²) < 4.78 is 0. The molecule has 0 saturated heterocycles. The Balaban J connectivity index is 1.68. The number of hydrogen-bond acceptors (Lipinski definition) is 2. The van der Waals surface area contributed by atoms with E-state index in [1.807, 2.05) is 31.2 Å². The van der Waals surface area contributed by atoms with Gasteiger partial charge in [-0.15, -0.1) is 0 Å². The normalized spacial score (nSPS) is 33.2. The summed E-state index contributed by atoms with van der Waals surface area (Å²) in [4.78, 5) is 26.1. The third-order valence-corrected chi connectivity index (χ3v) is 6.20. The fraction of sp³-hybridized carbons (Fsp3) is 0.474. The molecule has 2 fully saturated rings. The van der Waals surface area contributed by atoms with Gasteiger partial charge in [0.1, 0.15) is 0 Å². The average Bonchev–Trinajstić information content (AvgIpc) is 3.17. The Morgan fingerprint density at radius 2 is 1.91 bits per heavy atom. The Hall–Kier alpha value is -1.90. The summed E-state index contributed by atoms with van der Waals surface area (Å²) in [6, 6.07) is 7.58. The number of anilines is 1. The van der Waals surface area contributed by atoms with Crippen molar-refractivity contribution in [3.63, 3.8) is 0 Å². The molecule has 0 aliphatic heterocycles. The first kappa shape index (κ1) is 13.7. The Morgan fingerprint density at radius 1 is 1.23 bits per heavy atom. The number of rotatable bonds is 3. The van der Waals surface area contributed by atoms with E-state index in [9.17, 15) is 9.59 Å². The Bertz CT molecular complexity index is 674. The van der Waals surface area contributed by atoms with Crippen LogP contribution in [-0.4, -0.2) is 12.3 Å². The number of nitrogens with zero attached hydrogens (tertiary/aromatic N) is 1. The first-order valence-electron chi connectivity index (χ1n) is 8.12. The second-order valence-corrected chi connectivity index (χ2v) is 7.15. The van der Waals surface area contributed by atoms with Crippen molar-refractivity contribution in [1.82, 2.24) is 0 Å². The van der Waals surface area contributed by atoms with Gasteiger partial charge in [0, 0.05) is 5.92 Å². The largest absolute Gasteiger partial charge is 0.278 e. The predicted molar refractivity (Wildman–Crippen MR) is 85.2 cm³/mol. The molecule has 4 rings (SSSR count). The molecule has 114 valence electrons. The van der Waals surface area contributed by atoms with Crippen LogP contribution in [0.5, 0.6) is 0 Å². The molecule has 0 radical (unpaired) electrons. The summed E-state index contributed by atoms with van der Waals surface area (Å²) >= 11 is 0. The Morgan fingerprint density at radius 3 is 2.50 bits per heavy atom. The van der Waals surface area contributed by atoms with Gasteiger partial charge in [0.25, 0.3) is 0 Å². The smallest absolute Gasteiger partial charge is 0.237 e. The third-order valence-electron chi connectivity index (χ3n) is 6.20. The zero-order valence-electron chi connectivity index (χ0n) is 13.0. The van der Waals surface area contributed by atoms with Crippen LogP contribution in [0.15, 0.2) is 36.4 Å². The van der Waals surface area contributed by atoms with Gasteiger partial charge < -0.3 is 0 Å². The summed E-state index contributed by atoms with van der Waals surface area (Å²) in [5, 5.41) is 0. The third kappa shape index (κ3) is 1.62. The molecule has 3 aliphatic rings. The van der Waals surface area contributed by atoms with Crippen LogP contribution in [0, 0.1) is 36.0 Å². The second kappa shape index (κ2) is 4.55. The van der Waals surface area contributed by atoms with Crippen LogP contribution < -0.4 is 4.90 Å². The highest BCUT2D eigenvalue weighted by atomic mass is 16.2. The van der Waals surface area contributed by atoms with Gasteiger partial charge in [-0.25, -0.2) is 0 Å². The highest BCUT2D eigenvalue weighted by Gasteiger charge is 2.67. The first-order valence-corrected chi connectivity index (χ1v) is 8.12. The van der Waals surface area contributed by atoms with E-state index in [4.69, 9.17) is 0 Å². The molecule has 2 amide bonds. The van der Waals surface area contributed by atoms with Gasteiger partial charge in [-0.2, -0.15) is 0 Å². The Labute approximate surface area is 131 Å². The molecule has 2 bridgehead atoms. The number of carbonyl (C=O) groups is 2. The zero-order chi connectivity index (χ0) is 15.5. The van der Waals surface area contributed by atoms with Crippen LogP contribution in [0.2, 0.25) is 0 Å². The number of carbonyl (C=O) groups excluding carboxylic acids is 2. The average molecular weight is 295 g/mol. The molecule has 0 N–H and O–H groups in total. The molecular formula is C19H21NO2. The summed E-state index contributed by atoms with van der Waals surface area (Å²) in [6.07, 6.45) is 7.70. The van der Waals surface area contributed by atoms with E-state index >= 15 is 0 Å². The molecule has 1 aromatic rings. The summed E-state index contributed by atoms with van der Waals surface area (Å²) in [7, 11) is 0. The van der Waals surface area contributed by atoms with Gasteiger partial charge in [-0.05, 0) is 54.6 Å². The molecular weight excluding hydrogens is 274 g/mol. The van der Waals surface area contributed by atoms with Crippen molar-refractivity contribution in [2.45, 2.75) is 26.7 Å². The van der Waals surface area contributed by atoms with Crippen LogP contribution >= 0.6 is 0 Å². The molecule has 0 unspecified atom stereocenters. The minimum absolute atomic E-state index is 0.0278. The maximum atomic E-state index is 13.1. The molecule has 3 nitrogen and oxygen atoms in total. The van der Waals surface area contributed by atoms with Gasteiger partial charge in [-0.3, -0.25) is 14.5 Å². The lowest BCUT2D eigenvalue weighted by atomic mass is 9.83. The lowest BCUT2D eigenvalue weighted by Crippen LogP contribution is -2.40. The monoisotopic (exact) mass is 295 g/mol. The van der Waals surface area contributed by atoms with E-state index in [0.717, 1.165) is 5.56 Å². The van der Waals surface area contributed by atoms with Gasteiger partial charge in [0.15, 0.2) is 0 Å². The lowest BCUT2D eigenvalue weighted by Gasteiger charge is -2.28. The van der Waals surface area contributed by atoms with Gasteiger partial charge in [0.05, 0.1) is 5.69 Å². The number of benzene rings is 1. The van der Waals surface area contributed by atoms with Gasteiger partial charge in [-0.1, -0.05) is 37.3 Å². The number of amides is 2. The molecule has 1 aromatic carbocycles. The summed E-state index contributed by atoms with van der Waals surface area (Å²) in [5.41, 5.74) is 2.02. The van der Waals surface area contributed by atoms with Crippen molar-refractivity contribution in [1.29, 1.82) is 0 Å². The molecule has 0 heterocycles. The van der Waals surface area contributed by atoms with Crippen LogP contribution in [0.25, 0.3) is 0 Å². The molecule has 3 aliphatic carbocycles. The molecule has 2 saturated carbocycles. The first-order chi connectivity index (χ1) is 10.6. The summed E-state index contributed by atoms with van der Waals surface area (Å²) in [6.45, 7) is 4.11. The SMILES string of the molecule is Cc1ccccc1N(C=O)C(=O)[C@H]1[C@@H](C)[C@@H]2C=C[C@@H]1C21CC1. The standard InChI is InChI=1S/C19H21NO2/c1-12-5-3-4-6-16(12)20(11-21)18(22)17-13(2)14-7-8-15(17)19(14)9-10-19/h3-8,11,13-15,17H,9-10H2,1-2H3/t13-,14-,15-,17-/m0/s1. The predicted octanol–water partition coefficient (Wildman–Crippen LogP) is 3.33. The maximum absolute atomic E-state index is 13.1. The molecule has 22 heavy (non-hydrogen) atoms. The Kier molecular flexibility index (Phi) is 2.84. The number of para-hydroxylation sites is 1. The van der Waals surface area contributed by atoms with Crippen LogP contribution in [0.3, 0.4) is 0 Å². The minimum Gasteiger partial charge on any atom is -0.278 e. The van der Waals surface area contributed by atoms with Gasteiger partial charge >= 0.3 is 0 Å².